The van der Waals surface area contributed by atoms with Crippen molar-refractivity contribution in [2.24, 2.45) is 5.92 Å². The van der Waals surface area contributed by atoms with Crippen LogP contribution in [0.1, 0.15) is 30.9 Å². The molecule has 0 atom stereocenters. The average molecular weight is 468 g/mol. The summed E-state index contributed by atoms with van der Waals surface area (Å²) in [5.41, 5.74) is 2.31. The van der Waals surface area contributed by atoms with Gasteiger partial charge in [-0.1, -0.05) is 36.8 Å². The van der Waals surface area contributed by atoms with E-state index in [9.17, 15) is 18.0 Å². The van der Waals surface area contributed by atoms with Gasteiger partial charge in [-0.05, 0) is 60.9 Å². The van der Waals surface area contributed by atoms with Crippen LogP contribution in [-0.2, 0) is 27.9 Å². The van der Waals surface area contributed by atoms with Gasteiger partial charge in [-0.3, -0.25) is 14.2 Å². The fraction of sp³-hybridized carbons (Fsp3) is 0.360. The number of benzene rings is 2. The van der Waals surface area contributed by atoms with Gasteiger partial charge in [0.15, 0.2) is 0 Å². The number of rotatable bonds is 6. The number of pyridine rings is 1. The van der Waals surface area contributed by atoms with Crippen molar-refractivity contribution >= 4 is 26.8 Å². The molecule has 4 rings (SSSR count). The van der Waals surface area contributed by atoms with E-state index in [0.717, 1.165) is 24.0 Å². The van der Waals surface area contributed by atoms with Crippen molar-refractivity contribution in [2.45, 2.75) is 44.7 Å². The van der Waals surface area contributed by atoms with E-state index in [4.69, 9.17) is 0 Å². The molecule has 1 N–H and O–H groups in total. The lowest BCUT2D eigenvalue weighted by molar-refractivity contribution is -0.121. The monoisotopic (exact) mass is 467 g/mol. The van der Waals surface area contributed by atoms with Gasteiger partial charge in [0, 0.05) is 25.7 Å². The molecule has 1 aromatic heterocycles. The number of nitrogens with zero attached hydrogens (tertiary/aromatic N) is 2. The molecule has 2 aromatic carbocycles. The molecule has 3 aromatic rings. The number of aromatic nitrogens is 1. The van der Waals surface area contributed by atoms with E-state index in [2.05, 4.69) is 12.2 Å². The molecule has 1 aliphatic heterocycles. The Kier molecular flexibility index (Phi) is 6.67. The first-order chi connectivity index (χ1) is 15.7. The predicted molar refractivity (Wildman–Crippen MR) is 128 cm³/mol. The molecule has 0 spiro atoms. The zero-order chi connectivity index (χ0) is 23.6. The third-order valence-corrected chi connectivity index (χ3v) is 8.11. The van der Waals surface area contributed by atoms with Crippen LogP contribution in [0, 0.1) is 12.8 Å². The van der Waals surface area contributed by atoms with E-state index in [0.29, 0.717) is 36.5 Å². The molecule has 7 nitrogen and oxygen atoms in total. The summed E-state index contributed by atoms with van der Waals surface area (Å²) in [6.45, 7) is 5.39. The topological polar surface area (TPSA) is 88.5 Å². The van der Waals surface area contributed by atoms with Crippen molar-refractivity contribution in [2.75, 3.05) is 13.1 Å². The normalized spacial score (nSPS) is 15.6. The van der Waals surface area contributed by atoms with Gasteiger partial charge in [0.25, 0.3) is 5.56 Å². The van der Waals surface area contributed by atoms with Crippen LogP contribution in [-0.4, -0.2) is 36.3 Å². The fourth-order valence-electron chi connectivity index (χ4n) is 4.20. The lowest BCUT2D eigenvalue weighted by atomic mass is 10.0. The molecule has 0 saturated carbocycles. The minimum absolute atomic E-state index is 0.141. The summed E-state index contributed by atoms with van der Waals surface area (Å²) < 4.78 is 29.1. The second-order valence-electron chi connectivity index (χ2n) is 8.83. The summed E-state index contributed by atoms with van der Waals surface area (Å²) in [7, 11) is -3.60. The first kappa shape index (κ1) is 23.2. The maximum atomic E-state index is 13.1. The van der Waals surface area contributed by atoms with Crippen molar-refractivity contribution in [3.63, 3.8) is 0 Å². The first-order valence-corrected chi connectivity index (χ1v) is 12.6. The SMILES string of the molecule is Cc1cccc(CNC(=O)Cn2c(=O)ccc3cc(S(=O)(=O)N4CCC(C)CC4)ccc32)c1. The molecule has 1 saturated heterocycles. The number of aryl methyl sites for hydroxylation is 1. The molecule has 33 heavy (non-hydrogen) atoms. The molecule has 1 fully saturated rings. The molecule has 8 heteroatoms. The number of carbonyl (C=O) groups is 1. The highest BCUT2D eigenvalue weighted by Crippen LogP contribution is 2.25. The molecular formula is C25H29N3O4S. The lowest BCUT2D eigenvalue weighted by Gasteiger charge is -2.29. The summed E-state index contributed by atoms with van der Waals surface area (Å²) >= 11 is 0. The summed E-state index contributed by atoms with van der Waals surface area (Å²) in [6.07, 6.45) is 1.70. The number of piperidine rings is 1. The van der Waals surface area contributed by atoms with Gasteiger partial charge < -0.3 is 5.32 Å². The minimum atomic E-state index is -3.60. The maximum Gasteiger partial charge on any atom is 0.251 e. The molecule has 1 aliphatic rings. The Labute approximate surface area is 194 Å². The van der Waals surface area contributed by atoms with Gasteiger partial charge in [0.1, 0.15) is 6.54 Å². The molecule has 0 bridgehead atoms. The number of hydrogen-bond donors (Lipinski definition) is 1. The number of fused-ring (bicyclic) bond motifs is 1. The van der Waals surface area contributed by atoms with Crippen LogP contribution in [0.25, 0.3) is 10.9 Å². The number of nitrogens with one attached hydrogen (secondary N) is 1. The second kappa shape index (κ2) is 9.49. The van der Waals surface area contributed by atoms with Crippen LogP contribution < -0.4 is 10.9 Å². The van der Waals surface area contributed by atoms with E-state index in [1.54, 1.807) is 18.2 Å². The average Bonchev–Trinajstić information content (AvgIpc) is 2.79. The molecule has 0 unspecified atom stereocenters. The Morgan fingerprint density at radius 3 is 2.55 bits per heavy atom. The highest BCUT2D eigenvalue weighted by atomic mass is 32.2. The molecule has 2 heterocycles. The molecule has 174 valence electrons. The third-order valence-electron chi connectivity index (χ3n) is 6.22. The third kappa shape index (κ3) is 5.17. The molecule has 1 amide bonds. The zero-order valence-electron chi connectivity index (χ0n) is 19.0. The maximum absolute atomic E-state index is 13.1. The fourth-order valence-corrected chi connectivity index (χ4v) is 5.71. The van der Waals surface area contributed by atoms with Gasteiger partial charge in [0.2, 0.25) is 15.9 Å². The van der Waals surface area contributed by atoms with Crippen LogP contribution >= 0.6 is 0 Å². The van der Waals surface area contributed by atoms with Crippen LogP contribution in [0.4, 0.5) is 0 Å². The quantitative estimate of drug-likeness (QED) is 0.604. The number of carbonyl (C=O) groups excluding carboxylic acids is 1. The van der Waals surface area contributed by atoms with E-state index in [-0.39, 0.29) is 22.9 Å². The largest absolute Gasteiger partial charge is 0.350 e. The first-order valence-electron chi connectivity index (χ1n) is 11.2. The van der Waals surface area contributed by atoms with Crippen LogP contribution in [0.3, 0.4) is 0 Å². The number of hydrogen-bond acceptors (Lipinski definition) is 4. The van der Waals surface area contributed by atoms with Crippen molar-refractivity contribution in [1.82, 2.24) is 14.2 Å². The van der Waals surface area contributed by atoms with Crippen molar-refractivity contribution in [3.8, 4) is 0 Å². The Bertz CT molecular complexity index is 1340. The van der Waals surface area contributed by atoms with Gasteiger partial charge in [-0.15, -0.1) is 0 Å². The predicted octanol–water partition coefficient (Wildman–Crippen LogP) is 3.05. The smallest absolute Gasteiger partial charge is 0.251 e. The summed E-state index contributed by atoms with van der Waals surface area (Å²) in [6, 6.07) is 15.6. The Morgan fingerprint density at radius 2 is 1.82 bits per heavy atom. The second-order valence-corrected chi connectivity index (χ2v) is 10.8. The minimum Gasteiger partial charge on any atom is -0.350 e. The summed E-state index contributed by atoms with van der Waals surface area (Å²) in [5.74, 6) is 0.241. The highest BCUT2D eigenvalue weighted by molar-refractivity contribution is 7.89. The number of sulfonamides is 1. The van der Waals surface area contributed by atoms with Crippen LogP contribution in [0.15, 0.2) is 64.3 Å². The van der Waals surface area contributed by atoms with E-state index < -0.39 is 10.0 Å². The highest BCUT2D eigenvalue weighted by Gasteiger charge is 2.28. The molecule has 0 aliphatic carbocycles. The van der Waals surface area contributed by atoms with Gasteiger partial charge in [-0.25, -0.2) is 8.42 Å². The zero-order valence-corrected chi connectivity index (χ0v) is 19.8. The van der Waals surface area contributed by atoms with Crippen molar-refractivity contribution in [3.05, 3.63) is 76.1 Å². The summed E-state index contributed by atoms with van der Waals surface area (Å²) in [4.78, 5) is 25.3. The number of amides is 1. The lowest BCUT2D eigenvalue weighted by Crippen LogP contribution is -2.37. The van der Waals surface area contributed by atoms with Crippen molar-refractivity contribution in [1.29, 1.82) is 0 Å². The molecular weight excluding hydrogens is 438 g/mol. The standard InChI is InChI=1S/C25H29N3O4S/c1-18-10-12-27(13-11-18)33(31,32)22-7-8-23-21(15-22)6-9-25(30)28(23)17-24(29)26-16-20-5-3-4-19(2)14-20/h3-9,14-15,18H,10-13,16-17H2,1-2H3,(H,26,29). The Balaban J connectivity index is 1.55. The van der Waals surface area contributed by atoms with Gasteiger partial charge in [0.05, 0.1) is 10.4 Å². The van der Waals surface area contributed by atoms with Gasteiger partial charge in [-0.2, -0.15) is 4.31 Å². The van der Waals surface area contributed by atoms with Crippen molar-refractivity contribution < 1.29 is 13.2 Å². The van der Waals surface area contributed by atoms with Crippen LogP contribution in [0.2, 0.25) is 0 Å². The van der Waals surface area contributed by atoms with Crippen LogP contribution in [0.5, 0.6) is 0 Å². The van der Waals surface area contributed by atoms with Gasteiger partial charge >= 0.3 is 0 Å². The Morgan fingerprint density at radius 1 is 1.06 bits per heavy atom. The summed E-state index contributed by atoms with van der Waals surface area (Å²) in [5, 5.41) is 3.45. The molecule has 0 radical (unpaired) electrons. The Hall–Kier alpha value is -2.97. The van der Waals surface area contributed by atoms with E-state index in [1.165, 1.54) is 21.0 Å². The van der Waals surface area contributed by atoms with E-state index >= 15 is 0 Å². The van der Waals surface area contributed by atoms with E-state index in [1.807, 2.05) is 31.2 Å².